The molecule has 31 heavy (non-hydrogen) atoms. The first-order chi connectivity index (χ1) is 14.8. The Labute approximate surface area is 188 Å². The standard InChI is InChI=1S/C22H20BrN5O3/c1-24-17-6-4-5-15(13-17)19-18(22(30)31)20(28(26-19)12-11-27(2)3)25-21(29)14-7-9-16(23)10-8-14/h4-10,13H,11-12H2,2-3H3,(H,25,29)(H,30,31). The summed E-state index contributed by atoms with van der Waals surface area (Å²) in [4.78, 5) is 30.4. The molecule has 3 aromatic rings. The normalized spacial score (nSPS) is 10.7. The lowest BCUT2D eigenvalue weighted by molar-refractivity contribution is 0.0698. The van der Waals surface area contributed by atoms with Gasteiger partial charge in [-0.2, -0.15) is 5.10 Å². The Morgan fingerprint density at radius 2 is 1.94 bits per heavy atom. The fourth-order valence-electron chi connectivity index (χ4n) is 2.95. The number of carbonyl (C=O) groups excluding carboxylic acids is 1. The van der Waals surface area contributed by atoms with Crippen LogP contribution in [-0.4, -0.2) is 52.3 Å². The zero-order valence-electron chi connectivity index (χ0n) is 17.0. The summed E-state index contributed by atoms with van der Waals surface area (Å²) in [6.45, 7) is 8.18. The maximum Gasteiger partial charge on any atom is 0.341 e. The van der Waals surface area contributed by atoms with Crippen LogP contribution in [0.3, 0.4) is 0 Å². The Hall–Kier alpha value is -3.48. The predicted molar refractivity (Wildman–Crippen MR) is 122 cm³/mol. The van der Waals surface area contributed by atoms with Gasteiger partial charge in [0.2, 0.25) is 0 Å². The monoisotopic (exact) mass is 481 g/mol. The maximum atomic E-state index is 12.8. The Morgan fingerprint density at radius 3 is 2.55 bits per heavy atom. The number of aromatic nitrogens is 2. The first-order valence-electron chi connectivity index (χ1n) is 9.33. The van der Waals surface area contributed by atoms with Crippen molar-refractivity contribution < 1.29 is 14.7 Å². The molecule has 2 N–H and O–H groups in total. The van der Waals surface area contributed by atoms with Crippen LogP contribution in [0.2, 0.25) is 0 Å². The summed E-state index contributed by atoms with van der Waals surface area (Å²) in [7, 11) is 3.78. The number of carbonyl (C=O) groups is 2. The molecule has 0 radical (unpaired) electrons. The van der Waals surface area contributed by atoms with Gasteiger partial charge in [0.05, 0.1) is 13.1 Å². The number of rotatable bonds is 7. The van der Waals surface area contributed by atoms with Gasteiger partial charge in [-0.15, -0.1) is 0 Å². The first kappa shape index (κ1) is 22.2. The summed E-state index contributed by atoms with van der Waals surface area (Å²) in [5.74, 6) is -1.56. The summed E-state index contributed by atoms with van der Waals surface area (Å²) < 4.78 is 2.31. The van der Waals surface area contributed by atoms with Crippen LogP contribution in [0, 0.1) is 6.57 Å². The van der Waals surface area contributed by atoms with Gasteiger partial charge in [0.15, 0.2) is 5.69 Å². The molecule has 1 amide bonds. The summed E-state index contributed by atoms with van der Waals surface area (Å²) in [5, 5.41) is 17.2. The van der Waals surface area contributed by atoms with E-state index in [1.807, 2.05) is 19.0 Å². The quantitative estimate of drug-likeness (QED) is 0.488. The van der Waals surface area contributed by atoms with E-state index < -0.39 is 11.9 Å². The number of nitrogens with zero attached hydrogens (tertiary/aromatic N) is 4. The van der Waals surface area contributed by atoms with E-state index in [0.29, 0.717) is 29.9 Å². The summed E-state index contributed by atoms with van der Waals surface area (Å²) in [6.07, 6.45) is 0. The highest BCUT2D eigenvalue weighted by atomic mass is 79.9. The molecule has 0 unspecified atom stereocenters. The van der Waals surface area contributed by atoms with Crippen LogP contribution in [0.25, 0.3) is 16.1 Å². The van der Waals surface area contributed by atoms with Crippen LogP contribution in [0.5, 0.6) is 0 Å². The second-order valence-corrected chi connectivity index (χ2v) is 7.94. The number of benzene rings is 2. The lowest BCUT2D eigenvalue weighted by atomic mass is 10.1. The summed E-state index contributed by atoms with van der Waals surface area (Å²) >= 11 is 3.33. The van der Waals surface area contributed by atoms with E-state index in [1.54, 1.807) is 48.5 Å². The molecule has 0 aliphatic heterocycles. The van der Waals surface area contributed by atoms with Gasteiger partial charge < -0.3 is 15.3 Å². The molecule has 0 bridgehead atoms. The van der Waals surface area contributed by atoms with Gasteiger partial charge in [0, 0.05) is 16.6 Å². The molecule has 0 aliphatic rings. The smallest absolute Gasteiger partial charge is 0.341 e. The van der Waals surface area contributed by atoms with Gasteiger partial charge in [-0.05, 0) is 50.0 Å². The van der Waals surface area contributed by atoms with Crippen LogP contribution < -0.4 is 5.32 Å². The number of hydrogen-bond acceptors (Lipinski definition) is 4. The zero-order chi connectivity index (χ0) is 22.5. The summed E-state index contributed by atoms with van der Waals surface area (Å²) in [6, 6.07) is 13.3. The molecule has 0 fully saturated rings. The molecule has 9 heteroatoms. The van der Waals surface area contributed by atoms with E-state index in [0.717, 1.165) is 4.47 Å². The Balaban J connectivity index is 2.11. The van der Waals surface area contributed by atoms with Crippen molar-refractivity contribution in [2.24, 2.45) is 0 Å². The van der Waals surface area contributed by atoms with E-state index in [-0.39, 0.29) is 17.1 Å². The Morgan fingerprint density at radius 1 is 1.23 bits per heavy atom. The van der Waals surface area contributed by atoms with Crippen molar-refractivity contribution in [2.75, 3.05) is 26.0 Å². The number of likely N-dealkylation sites (N-methyl/N-ethyl adjacent to an activating group) is 1. The van der Waals surface area contributed by atoms with Gasteiger partial charge in [-0.1, -0.05) is 34.1 Å². The highest BCUT2D eigenvalue weighted by Crippen LogP contribution is 2.31. The number of anilines is 1. The van der Waals surface area contributed by atoms with Crippen LogP contribution in [0.4, 0.5) is 11.5 Å². The van der Waals surface area contributed by atoms with Crippen molar-refractivity contribution >= 4 is 39.3 Å². The van der Waals surface area contributed by atoms with Crippen molar-refractivity contribution in [3.05, 3.63) is 75.5 Å². The van der Waals surface area contributed by atoms with Crippen molar-refractivity contribution in [1.29, 1.82) is 0 Å². The number of aromatic carboxylic acids is 1. The predicted octanol–water partition coefficient (Wildman–Crippen LogP) is 4.38. The van der Waals surface area contributed by atoms with Crippen molar-refractivity contribution in [3.63, 3.8) is 0 Å². The highest BCUT2D eigenvalue weighted by Gasteiger charge is 2.26. The molecular formula is C22H20BrN5O3. The van der Waals surface area contributed by atoms with Gasteiger partial charge in [-0.25, -0.2) is 14.3 Å². The van der Waals surface area contributed by atoms with Crippen LogP contribution >= 0.6 is 15.9 Å². The van der Waals surface area contributed by atoms with E-state index in [4.69, 9.17) is 6.57 Å². The lowest BCUT2D eigenvalue weighted by Gasteiger charge is -2.13. The number of nitrogens with one attached hydrogen (secondary N) is 1. The molecule has 8 nitrogen and oxygen atoms in total. The number of carboxylic acids is 1. The van der Waals surface area contributed by atoms with E-state index >= 15 is 0 Å². The van der Waals surface area contributed by atoms with Gasteiger partial charge in [0.25, 0.3) is 5.91 Å². The topological polar surface area (TPSA) is 91.8 Å². The van der Waals surface area contributed by atoms with Crippen molar-refractivity contribution in [3.8, 4) is 11.3 Å². The minimum absolute atomic E-state index is 0.102. The molecular weight excluding hydrogens is 462 g/mol. The summed E-state index contributed by atoms with van der Waals surface area (Å²) in [5.41, 5.74) is 1.33. The van der Waals surface area contributed by atoms with Crippen LogP contribution in [-0.2, 0) is 6.54 Å². The third kappa shape index (κ3) is 5.17. The maximum absolute atomic E-state index is 12.8. The fraction of sp³-hybridized carbons (Fsp3) is 0.182. The number of halogens is 1. The first-order valence-corrected chi connectivity index (χ1v) is 10.1. The SMILES string of the molecule is [C-]#[N+]c1cccc(-c2nn(CCN(C)C)c(NC(=O)c3ccc(Br)cc3)c2C(=O)O)c1. The fourth-order valence-corrected chi connectivity index (χ4v) is 3.22. The molecule has 0 spiro atoms. The average molecular weight is 482 g/mol. The van der Waals surface area contributed by atoms with Crippen molar-refractivity contribution in [2.45, 2.75) is 6.54 Å². The number of hydrogen-bond donors (Lipinski definition) is 2. The van der Waals surface area contributed by atoms with Crippen LogP contribution in [0.1, 0.15) is 20.7 Å². The molecule has 158 valence electrons. The largest absolute Gasteiger partial charge is 0.477 e. The molecule has 0 saturated carbocycles. The highest BCUT2D eigenvalue weighted by molar-refractivity contribution is 9.10. The molecule has 0 atom stereocenters. The zero-order valence-corrected chi connectivity index (χ0v) is 18.5. The average Bonchev–Trinajstić information content (AvgIpc) is 3.11. The van der Waals surface area contributed by atoms with Gasteiger partial charge in [0.1, 0.15) is 17.1 Å². The van der Waals surface area contributed by atoms with Crippen LogP contribution in [0.15, 0.2) is 53.0 Å². The number of amides is 1. The third-order valence-electron chi connectivity index (χ3n) is 4.51. The second kappa shape index (κ2) is 9.55. The molecule has 2 aromatic carbocycles. The van der Waals surface area contributed by atoms with Crippen molar-refractivity contribution in [1.82, 2.24) is 14.7 Å². The van der Waals surface area contributed by atoms with E-state index in [2.05, 4.69) is 31.2 Å². The minimum Gasteiger partial charge on any atom is -0.477 e. The lowest BCUT2D eigenvalue weighted by Crippen LogP contribution is -2.22. The molecule has 3 rings (SSSR count). The Kier molecular flexibility index (Phi) is 6.84. The second-order valence-electron chi connectivity index (χ2n) is 7.03. The minimum atomic E-state index is -1.22. The molecule has 0 aliphatic carbocycles. The van der Waals surface area contributed by atoms with E-state index in [9.17, 15) is 14.7 Å². The number of carboxylic acid groups (broad SMARTS) is 1. The van der Waals surface area contributed by atoms with E-state index in [1.165, 1.54) is 4.68 Å². The Bertz CT molecular complexity index is 1160. The van der Waals surface area contributed by atoms with Gasteiger partial charge in [-0.3, -0.25) is 4.79 Å². The van der Waals surface area contributed by atoms with Gasteiger partial charge >= 0.3 is 5.97 Å². The molecule has 0 saturated heterocycles. The third-order valence-corrected chi connectivity index (χ3v) is 5.04. The molecule has 1 heterocycles. The molecule has 1 aromatic heterocycles.